The zero-order valence-corrected chi connectivity index (χ0v) is 17.6. The minimum absolute atomic E-state index is 0.0983. The fraction of sp³-hybridized carbons (Fsp3) is 0.429. The highest BCUT2D eigenvalue weighted by Gasteiger charge is 2.19. The molecule has 3 rings (SSSR count). The summed E-state index contributed by atoms with van der Waals surface area (Å²) in [7, 11) is 2.05. The molecule has 1 aliphatic heterocycles. The SMILES string of the molecule is CC(C)n1cc(NC(=O)C(=O)Nc2ccc(CC(=O)N3CCN(C)CC3)cc2)cn1. The number of piperazine rings is 1. The molecule has 1 aromatic heterocycles. The van der Waals surface area contributed by atoms with Gasteiger partial charge in [0.2, 0.25) is 5.91 Å². The third-order valence-electron chi connectivity index (χ3n) is 5.02. The van der Waals surface area contributed by atoms with Crippen molar-refractivity contribution in [3.05, 3.63) is 42.2 Å². The lowest BCUT2D eigenvalue weighted by Gasteiger charge is -2.32. The highest BCUT2D eigenvalue weighted by Crippen LogP contribution is 2.13. The number of amides is 3. The maximum Gasteiger partial charge on any atom is 0.314 e. The number of nitrogens with one attached hydrogen (secondary N) is 2. The fourth-order valence-corrected chi connectivity index (χ4v) is 3.11. The molecular weight excluding hydrogens is 384 g/mol. The molecule has 0 radical (unpaired) electrons. The van der Waals surface area contributed by atoms with Crippen molar-refractivity contribution >= 4 is 29.1 Å². The molecule has 2 aromatic rings. The second kappa shape index (κ2) is 9.53. The third kappa shape index (κ3) is 5.66. The molecular formula is C21H28N6O3. The minimum Gasteiger partial charge on any atom is -0.340 e. The standard InChI is InChI=1S/C21H28N6O3/c1-15(2)27-14-18(13-22-27)24-21(30)20(29)23-17-6-4-16(5-7-17)12-19(28)26-10-8-25(3)9-11-26/h4-7,13-15H,8-12H2,1-3H3,(H,23,29)(H,24,30). The molecule has 0 atom stereocenters. The molecule has 3 amide bonds. The predicted octanol–water partition coefficient (Wildman–Crippen LogP) is 1.36. The molecule has 1 aromatic carbocycles. The van der Waals surface area contributed by atoms with Crippen LogP contribution in [0, 0.1) is 0 Å². The molecule has 1 fully saturated rings. The summed E-state index contributed by atoms with van der Waals surface area (Å²) in [4.78, 5) is 40.7. The number of hydrogen-bond acceptors (Lipinski definition) is 5. The smallest absolute Gasteiger partial charge is 0.314 e. The summed E-state index contributed by atoms with van der Waals surface area (Å²) in [6.07, 6.45) is 3.48. The van der Waals surface area contributed by atoms with E-state index in [0.717, 1.165) is 31.7 Å². The van der Waals surface area contributed by atoms with Crippen LogP contribution < -0.4 is 10.6 Å². The monoisotopic (exact) mass is 412 g/mol. The summed E-state index contributed by atoms with van der Waals surface area (Å²) in [5.74, 6) is -1.44. The van der Waals surface area contributed by atoms with Crippen LogP contribution in [-0.4, -0.2) is 70.5 Å². The van der Waals surface area contributed by atoms with Gasteiger partial charge in [0.1, 0.15) is 0 Å². The van der Waals surface area contributed by atoms with E-state index >= 15 is 0 Å². The predicted molar refractivity (Wildman–Crippen MR) is 114 cm³/mol. The molecule has 0 aliphatic carbocycles. The Kier molecular flexibility index (Phi) is 6.83. The zero-order chi connectivity index (χ0) is 21.7. The van der Waals surface area contributed by atoms with Crippen molar-refractivity contribution in [3.63, 3.8) is 0 Å². The number of nitrogens with zero attached hydrogens (tertiary/aromatic N) is 4. The van der Waals surface area contributed by atoms with E-state index in [0.29, 0.717) is 17.8 Å². The normalized spacial score (nSPS) is 14.6. The minimum atomic E-state index is -0.771. The topological polar surface area (TPSA) is 99.6 Å². The van der Waals surface area contributed by atoms with E-state index in [-0.39, 0.29) is 11.9 Å². The first-order valence-corrected chi connectivity index (χ1v) is 10.0. The van der Waals surface area contributed by atoms with Crippen LogP contribution in [0.4, 0.5) is 11.4 Å². The Morgan fingerprint density at radius 3 is 2.13 bits per heavy atom. The lowest BCUT2D eigenvalue weighted by atomic mass is 10.1. The van der Waals surface area contributed by atoms with Crippen molar-refractivity contribution in [2.24, 2.45) is 0 Å². The van der Waals surface area contributed by atoms with Gasteiger partial charge < -0.3 is 20.4 Å². The van der Waals surface area contributed by atoms with Crippen LogP contribution in [-0.2, 0) is 20.8 Å². The number of likely N-dealkylation sites (N-methyl/N-ethyl adjacent to an activating group) is 1. The molecule has 2 heterocycles. The molecule has 0 bridgehead atoms. The molecule has 9 heteroatoms. The van der Waals surface area contributed by atoms with Gasteiger partial charge in [-0.15, -0.1) is 0 Å². The summed E-state index contributed by atoms with van der Waals surface area (Å²) in [5.41, 5.74) is 1.81. The van der Waals surface area contributed by atoms with E-state index in [4.69, 9.17) is 0 Å². The molecule has 30 heavy (non-hydrogen) atoms. The van der Waals surface area contributed by atoms with Crippen LogP contribution in [0.3, 0.4) is 0 Å². The first-order valence-electron chi connectivity index (χ1n) is 10.0. The van der Waals surface area contributed by atoms with Gasteiger partial charge in [0, 0.05) is 44.1 Å². The second-order valence-corrected chi connectivity index (χ2v) is 7.77. The summed E-state index contributed by atoms with van der Waals surface area (Å²) >= 11 is 0. The van der Waals surface area contributed by atoms with Gasteiger partial charge in [-0.25, -0.2) is 0 Å². The maximum absolute atomic E-state index is 12.4. The summed E-state index contributed by atoms with van der Waals surface area (Å²) in [5, 5.41) is 9.21. The number of carbonyl (C=O) groups excluding carboxylic acids is 3. The Morgan fingerprint density at radius 1 is 0.967 bits per heavy atom. The van der Waals surface area contributed by atoms with Gasteiger partial charge in [-0.05, 0) is 38.6 Å². The van der Waals surface area contributed by atoms with Crippen LogP contribution >= 0.6 is 0 Å². The van der Waals surface area contributed by atoms with Gasteiger partial charge in [0.05, 0.1) is 18.3 Å². The molecule has 0 saturated carbocycles. The summed E-state index contributed by atoms with van der Waals surface area (Å²) in [6.45, 7) is 7.19. The van der Waals surface area contributed by atoms with E-state index in [1.807, 2.05) is 25.8 Å². The quantitative estimate of drug-likeness (QED) is 0.723. The summed E-state index contributed by atoms with van der Waals surface area (Å²) < 4.78 is 1.69. The van der Waals surface area contributed by atoms with E-state index in [9.17, 15) is 14.4 Å². The van der Waals surface area contributed by atoms with Crippen LogP contribution in [0.2, 0.25) is 0 Å². The molecule has 0 unspecified atom stereocenters. The van der Waals surface area contributed by atoms with E-state index in [2.05, 4.69) is 20.6 Å². The highest BCUT2D eigenvalue weighted by molar-refractivity contribution is 6.43. The second-order valence-electron chi connectivity index (χ2n) is 7.77. The number of anilines is 2. The summed E-state index contributed by atoms with van der Waals surface area (Å²) in [6, 6.07) is 7.11. The highest BCUT2D eigenvalue weighted by atomic mass is 16.2. The van der Waals surface area contributed by atoms with Crippen molar-refractivity contribution in [1.29, 1.82) is 0 Å². The largest absolute Gasteiger partial charge is 0.340 e. The molecule has 9 nitrogen and oxygen atoms in total. The van der Waals surface area contributed by atoms with E-state index in [1.165, 1.54) is 6.20 Å². The van der Waals surface area contributed by atoms with Gasteiger partial charge in [0.25, 0.3) is 0 Å². The number of benzene rings is 1. The molecule has 2 N–H and O–H groups in total. The number of rotatable bonds is 5. The van der Waals surface area contributed by atoms with Crippen molar-refractivity contribution < 1.29 is 14.4 Å². The van der Waals surface area contributed by atoms with Crippen LogP contribution in [0.15, 0.2) is 36.7 Å². The van der Waals surface area contributed by atoms with E-state index in [1.54, 1.807) is 35.1 Å². The van der Waals surface area contributed by atoms with Gasteiger partial charge in [-0.2, -0.15) is 5.10 Å². The average molecular weight is 412 g/mol. The van der Waals surface area contributed by atoms with Crippen molar-refractivity contribution in [2.75, 3.05) is 43.9 Å². The van der Waals surface area contributed by atoms with Gasteiger partial charge in [-0.3, -0.25) is 19.1 Å². The third-order valence-corrected chi connectivity index (χ3v) is 5.02. The van der Waals surface area contributed by atoms with Gasteiger partial charge in [0.15, 0.2) is 0 Å². The van der Waals surface area contributed by atoms with E-state index < -0.39 is 11.8 Å². The van der Waals surface area contributed by atoms with Crippen LogP contribution in [0.25, 0.3) is 0 Å². The van der Waals surface area contributed by atoms with Crippen molar-refractivity contribution in [3.8, 4) is 0 Å². The number of aromatic nitrogens is 2. The first-order chi connectivity index (χ1) is 14.3. The lowest BCUT2D eigenvalue weighted by molar-refractivity contribution is -0.133. The molecule has 160 valence electrons. The van der Waals surface area contributed by atoms with Crippen molar-refractivity contribution in [2.45, 2.75) is 26.3 Å². The Bertz CT molecular complexity index is 898. The number of hydrogen-bond donors (Lipinski definition) is 2. The fourth-order valence-electron chi connectivity index (χ4n) is 3.11. The first kappa shape index (κ1) is 21.5. The molecule has 0 spiro atoms. The molecule has 1 aliphatic rings. The lowest BCUT2D eigenvalue weighted by Crippen LogP contribution is -2.47. The van der Waals surface area contributed by atoms with Gasteiger partial charge in [-0.1, -0.05) is 12.1 Å². The molecule has 1 saturated heterocycles. The average Bonchev–Trinajstić information content (AvgIpc) is 3.18. The Labute approximate surface area is 176 Å². The van der Waals surface area contributed by atoms with Crippen LogP contribution in [0.5, 0.6) is 0 Å². The van der Waals surface area contributed by atoms with Crippen LogP contribution in [0.1, 0.15) is 25.5 Å². The zero-order valence-electron chi connectivity index (χ0n) is 17.6. The maximum atomic E-state index is 12.4. The Balaban J connectivity index is 1.50. The van der Waals surface area contributed by atoms with Gasteiger partial charge >= 0.3 is 11.8 Å². The number of carbonyl (C=O) groups is 3. The Hall–Kier alpha value is -3.20. The van der Waals surface area contributed by atoms with Crippen molar-refractivity contribution in [1.82, 2.24) is 19.6 Å². The Morgan fingerprint density at radius 2 is 1.57 bits per heavy atom.